The van der Waals surface area contributed by atoms with E-state index in [0.29, 0.717) is 0 Å². The van der Waals surface area contributed by atoms with E-state index in [9.17, 15) is 8.78 Å². The average molecular weight is 334 g/mol. The summed E-state index contributed by atoms with van der Waals surface area (Å²) < 4.78 is 27.6. The van der Waals surface area contributed by atoms with E-state index in [4.69, 9.17) is 0 Å². The van der Waals surface area contributed by atoms with Gasteiger partial charge in [-0.05, 0) is 50.1 Å². The number of aryl methyl sites for hydroxylation is 1. The molecule has 0 bridgehead atoms. The highest BCUT2D eigenvalue weighted by Gasteiger charge is 2.25. The lowest BCUT2D eigenvalue weighted by Crippen LogP contribution is -2.32. The molecule has 0 fully saturated rings. The summed E-state index contributed by atoms with van der Waals surface area (Å²) >= 11 is 0. The third kappa shape index (κ3) is 3.43. The third-order valence-corrected chi connectivity index (χ3v) is 4.47. The summed E-state index contributed by atoms with van der Waals surface area (Å²) in [6.07, 6.45) is 2.22. The number of fused-ring (bicyclic) bond motifs is 1. The monoisotopic (exact) mass is 334 g/mol. The van der Waals surface area contributed by atoms with E-state index in [2.05, 4.69) is 47.4 Å². The lowest BCUT2D eigenvalue weighted by atomic mass is 9.91. The van der Waals surface area contributed by atoms with E-state index in [1.807, 2.05) is 19.4 Å². The topological polar surface area (TPSA) is 33.1 Å². The molecule has 2 heterocycles. The van der Waals surface area contributed by atoms with Gasteiger partial charge >= 0.3 is 0 Å². The standard InChI is InChI=1S/C18H24F2N4/c1-12(2)24(15-10-22-23(3)11-15)14-5-4-13-6-7-21-17(9-18(19)20)16(13)8-14/h4-5,8,10-12,17-18,21H,6-7,9H2,1-3H3. The first-order valence-electron chi connectivity index (χ1n) is 8.38. The number of nitrogens with zero attached hydrogens (tertiary/aromatic N) is 3. The number of hydrogen-bond acceptors (Lipinski definition) is 3. The van der Waals surface area contributed by atoms with Crippen LogP contribution >= 0.6 is 0 Å². The SMILES string of the molecule is CC(C)N(c1ccc2c(c1)C(CC(F)F)NCC2)c1cnn(C)c1. The van der Waals surface area contributed by atoms with Crippen LogP contribution in [0.3, 0.4) is 0 Å². The molecule has 0 saturated heterocycles. The van der Waals surface area contributed by atoms with Crippen molar-refractivity contribution in [3.05, 3.63) is 41.7 Å². The molecule has 1 aliphatic rings. The van der Waals surface area contributed by atoms with Gasteiger partial charge in [0.1, 0.15) is 0 Å². The number of anilines is 2. The predicted molar refractivity (Wildman–Crippen MR) is 92.0 cm³/mol. The molecular formula is C18H24F2N4. The molecule has 4 nitrogen and oxygen atoms in total. The van der Waals surface area contributed by atoms with Gasteiger partial charge in [-0.15, -0.1) is 0 Å². The highest BCUT2D eigenvalue weighted by Crippen LogP contribution is 2.34. The van der Waals surface area contributed by atoms with E-state index >= 15 is 0 Å². The van der Waals surface area contributed by atoms with Crippen LogP contribution in [0, 0.1) is 0 Å². The van der Waals surface area contributed by atoms with Gasteiger partial charge in [-0.3, -0.25) is 4.68 Å². The van der Waals surface area contributed by atoms with Gasteiger partial charge in [-0.1, -0.05) is 6.07 Å². The number of benzene rings is 1. The largest absolute Gasteiger partial charge is 0.336 e. The molecule has 1 aliphatic heterocycles. The highest BCUT2D eigenvalue weighted by atomic mass is 19.3. The van der Waals surface area contributed by atoms with Gasteiger partial charge in [0.05, 0.1) is 11.9 Å². The fraction of sp³-hybridized carbons (Fsp3) is 0.500. The Bertz CT molecular complexity index is 696. The summed E-state index contributed by atoms with van der Waals surface area (Å²) in [5.74, 6) is 0. The molecule has 3 rings (SSSR count). The Hall–Kier alpha value is -1.95. The first kappa shape index (κ1) is 16.9. The van der Waals surface area contributed by atoms with Gasteiger partial charge in [0.15, 0.2) is 0 Å². The second-order valence-electron chi connectivity index (χ2n) is 6.60. The Balaban J connectivity index is 1.98. The molecule has 1 aromatic heterocycles. The van der Waals surface area contributed by atoms with Crippen LogP contribution in [-0.2, 0) is 13.5 Å². The molecule has 24 heavy (non-hydrogen) atoms. The van der Waals surface area contributed by atoms with Crippen molar-refractivity contribution >= 4 is 11.4 Å². The first-order chi connectivity index (χ1) is 11.5. The van der Waals surface area contributed by atoms with Crippen molar-refractivity contribution < 1.29 is 8.78 Å². The van der Waals surface area contributed by atoms with Gasteiger partial charge in [0.25, 0.3) is 0 Å². The van der Waals surface area contributed by atoms with E-state index in [0.717, 1.165) is 35.5 Å². The minimum atomic E-state index is -2.31. The predicted octanol–water partition coefficient (Wildman–Crippen LogP) is 3.81. The van der Waals surface area contributed by atoms with Crippen LogP contribution < -0.4 is 10.2 Å². The van der Waals surface area contributed by atoms with Crippen molar-refractivity contribution in [3.63, 3.8) is 0 Å². The summed E-state index contributed by atoms with van der Waals surface area (Å²) in [6, 6.07) is 6.17. The van der Waals surface area contributed by atoms with E-state index in [1.54, 1.807) is 4.68 Å². The number of hydrogen-bond donors (Lipinski definition) is 1. The van der Waals surface area contributed by atoms with Gasteiger partial charge in [0, 0.05) is 37.4 Å². The second-order valence-corrected chi connectivity index (χ2v) is 6.60. The molecule has 1 aromatic carbocycles. The zero-order valence-corrected chi connectivity index (χ0v) is 14.3. The summed E-state index contributed by atoms with van der Waals surface area (Å²) in [5, 5.41) is 7.48. The van der Waals surface area contributed by atoms with E-state index in [-0.39, 0.29) is 18.5 Å². The Labute approximate surface area is 141 Å². The van der Waals surface area contributed by atoms with Crippen molar-refractivity contribution in [2.24, 2.45) is 7.05 Å². The molecule has 0 saturated carbocycles. The normalized spacial score (nSPS) is 17.4. The molecule has 1 atom stereocenters. The first-order valence-corrected chi connectivity index (χ1v) is 8.38. The highest BCUT2D eigenvalue weighted by molar-refractivity contribution is 5.64. The van der Waals surface area contributed by atoms with Crippen LogP contribution in [-0.4, -0.2) is 28.8 Å². The van der Waals surface area contributed by atoms with Crippen LogP contribution in [0.25, 0.3) is 0 Å². The summed E-state index contributed by atoms with van der Waals surface area (Å²) in [5.41, 5.74) is 4.17. The molecular weight excluding hydrogens is 310 g/mol. The Morgan fingerprint density at radius 2 is 2.12 bits per heavy atom. The van der Waals surface area contributed by atoms with Crippen LogP contribution in [0.2, 0.25) is 0 Å². The number of alkyl halides is 2. The van der Waals surface area contributed by atoms with Crippen molar-refractivity contribution in [2.75, 3.05) is 11.4 Å². The van der Waals surface area contributed by atoms with Crippen LogP contribution in [0.1, 0.15) is 37.4 Å². The second kappa shape index (κ2) is 6.89. The minimum Gasteiger partial charge on any atom is -0.336 e. The summed E-state index contributed by atoms with van der Waals surface area (Å²) in [7, 11) is 1.89. The minimum absolute atomic E-state index is 0.148. The molecule has 0 aliphatic carbocycles. The Morgan fingerprint density at radius 1 is 1.33 bits per heavy atom. The van der Waals surface area contributed by atoms with Gasteiger partial charge < -0.3 is 10.2 Å². The van der Waals surface area contributed by atoms with Gasteiger partial charge in [0.2, 0.25) is 6.43 Å². The Kier molecular flexibility index (Phi) is 4.85. The third-order valence-electron chi connectivity index (χ3n) is 4.47. The quantitative estimate of drug-likeness (QED) is 0.903. The lowest BCUT2D eigenvalue weighted by Gasteiger charge is -2.32. The molecule has 2 aromatic rings. The fourth-order valence-corrected chi connectivity index (χ4v) is 3.44. The Morgan fingerprint density at radius 3 is 2.75 bits per heavy atom. The molecule has 130 valence electrons. The lowest BCUT2D eigenvalue weighted by molar-refractivity contribution is 0.121. The maximum absolute atomic E-state index is 12.9. The van der Waals surface area contributed by atoms with Crippen LogP contribution in [0.5, 0.6) is 0 Å². The maximum atomic E-state index is 12.9. The van der Waals surface area contributed by atoms with Crippen molar-refractivity contribution in [1.29, 1.82) is 0 Å². The molecule has 0 radical (unpaired) electrons. The maximum Gasteiger partial charge on any atom is 0.240 e. The zero-order valence-electron chi connectivity index (χ0n) is 14.3. The fourth-order valence-electron chi connectivity index (χ4n) is 3.44. The number of rotatable bonds is 5. The van der Waals surface area contributed by atoms with Crippen LogP contribution in [0.4, 0.5) is 20.2 Å². The van der Waals surface area contributed by atoms with Gasteiger partial charge in [-0.25, -0.2) is 8.78 Å². The summed E-state index contributed by atoms with van der Waals surface area (Å²) in [4.78, 5) is 2.18. The number of nitrogens with one attached hydrogen (secondary N) is 1. The number of halogens is 2. The average Bonchev–Trinajstić information content (AvgIpc) is 2.93. The smallest absolute Gasteiger partial charge is 0.240 e. The van der Waals surface area contributed by atoms with E-state index in [1.165, 1.54) is 0 Å². The molecule has 0 spiro atoms. The molecule has 1 N–H and O–H groups in total. The molecule has 1 unspecified atom stereocenters. The van der Waals surface area contributed by atoms with Crippen molar-refractivity contribution in [2.45, 2.75) is 45.2 Å². The number of aromatic nitrogens is 2. The van der Waals surface area contributed by atoms with Gasteiger partial charge in [-0.2, -0.15) is 5.10 Å². The molecule has 0 amide bonds. The summed E-state index contributed by atoms with van der Waals surface area (Å²) in [6.45, 7) is 4.98. The van der Waals surface area contributed by atoms with Crippen molar-refractivity contribution in [1.82, 2.24) is 15.1 Å². The molecule has 6 heteroatoms. The van der Waals surface area contributed by atoms with E-state index < -0.39 is 6.43 Å². The van der Waals surface area contributed by atoms with Crippen molar-refractivity contribution in [3.8, 4) is 0 Å². The van der Waals surface area contributed by atoms with Crippen LogP contribution in [0.15, 0.2) is 30.6 Å². The zero-order chi connectivity index (χ0) is 17.3.